The Hall–Kier alpha value is -5.78. The fourth-order valence-corrected chi connectivity index (χ4v) is 5.16. The Morgan fingerprint density at radius 2 is 1.57 bits per heavy atom. The van der Waals surface area contributed by atoms with Crippen LogP contribution in [0.1, 0.15) is 62.3 Å². The Balaban J connectivity index is 1.76. The van der Waals surface area contributed by atoms with Gasteiger partial charge in [-0.15, -0.1) is 11.3 Å². The van der Waals surface area contributed by atoms with E-state index in [4.69, 9.17) is 23.9 Å². The lowest BCUT2D eigenvalue weighted by atomic mass is 9.96. The summed E-state index contributed by atoms with van der Waals surface area (Å²) in [5.41, 5.74) is 1.35. The number of carbonyl (C=O) groups excluding carboxylic acids is 3. The number of alkyl carbamates (subject to hydrolysis) is 2. The first-order chi connectivity index (χ1) is 24.2. The van der Waals surface area contributed by atoms with E-state index in [-0.39, 0.29) is 30.7 Å². The molecule has 0 aliphatic heterocycles. The Morgan fingerprint density at radius 3 is 2.18 bits per heavy atom. The molecule has 13 nitrogen and oxygen atoms in total. The van der Waals surface area contributed by atoms with E-state index < -0.39 is 29.3 Å². The van der Waals surface area contributed by atoms with Crippen LogP contribution in [0.4, 0.5) is 15.4 Å². The first-order valence-electron chi connectivity index (χ1n) is 15.8. The minimum atomic E-state index is -0.819. The number of amides is 3. The van der Waals surface area contributed by atoms with Crippen molar-refractivity contribution in [3.63, 3.8) is 0 Å². The summed E-state index contributed by atoms with van der Waals surface area (Å²) in [6.07, 6.45) is -1.64. The number of para-hydroxylation sites is 1. The van der Waals surface area contributed by atoms with Gasteiger partial charge in [0.15, 0.2) is 12.6 Å². The molecule has 14 heteroatoms. The number of ether oxygens (including phenoxy) is 4. The summed E-state index contributed by atoms with van der Waals surface area (Å²) in [6, 6.07) is 21.8. The second kappa shape index (κ2) is 16.8. The SMILES string of the molecule is COCOc1ccccc1-c1cc(-c2cccc(CN=C(NC(=O)OC(C)(C)C)NC(=O)OC(C)(C)C)c2)c(C#N)c(NC(=O)c2cccs2)n1. The average Bonchev–Trinajstić information content (AvgIpc) is 3.60. The fraction of sp³-hybridized carbons (Fsp3) is 0.297. The van der Waals surface area contributed by atoms with Gasteiger partial charge in [-0.05, 0) is 88.4 Å². The van der Waals surface area contributed by atoms with Crippen LogP contribution in [0.5, 0.6) is 5.75 Å². The molecule has 0 unspecified atom stereocenters. The van der Waals surface area contributed by atoms with Gasteiger partial charge in [0.05, 0.1) is 17.1 Å². The van der Waals surface area contributed by atoms with Gasteiger partial charge in [-0.1, -0.05) is 36.4 Å². The normalized spacial score (nSPS) is 11.1. The maximum absolute atomic E-state index is 13.2. The van der Waals surface area contributed by atoms with Gasteiger partial charge < -0.3 is 24.3 Å². The van der Waals surface area contributed by atoms with Crippen molar-refractivity contribution < 1.29 is 33.3 Å². The minimum absolute atomic E-state index is 0.00175. The molecule has 3 N–H and O–H groups in total. The van der Waals surface area contributed by atoms with E-state index in [0.29, 0.717) is 38.6 Å². The predicted molar refractivity (Wildman–Crippen MR) is 194 cm³/mol. The third kappa shape index (κ3) is 11.4. The zero-order chi connectivity index (χ0) is 37.2. The number of guanidine groups is 1. The lowest BCUT2D eigenvalue weighted by Gasteiger charge is -2.22. The first kappa shape index (κ1) is 38.0. The number of rotatable bonds is 9. The maximum atomic E-state index is 13.2. The molecule has 0 aliphatic carbocycles. The highest BCUT2D eigenvalue weighted by Gasteiger charge is 2.23. The van der Waals surface area contributed by atoms with E-state index >= 15 is 0 Å². The van der Waals surface area contributed by atoms with E-state index in [9.17, 15) is 19.6 Å². The topological polar surface area (TPSA) is 173 Å². The molecular formula is C37H40N6O7S. The number of pyridine rings is 1. The van der Waals surface area contributed by atoms with Crippen LogP contribution in [0.3, 0.4) is 0 Å². The summed E-state index contributed by atoms with van der Waals surface area (Å²) < 4.78 is 21.6. The number of thiophene rings is 1. The van der Waals surface area contributed by atoms with Crippen molar-refractivity contribution in [2.75, 3.05) is 19.2 Å². The number of hydrogen-bond acceptors (Lipinski definition) is 11. The average molecular weight is 713 g/mol. The number of benzene rings is 2. The van der Waals surface area contributed by atoms with Gasteiger partial charge in [-0.3, -0.25) is 15.4 Å². The van der Waals surface area contributed by atoms with Crippen LogP contribution in [0.25, 0.3) is 22.4 Å². The monoisotopic (exact) mass is 712 g/mol. The molecule has 266 valence electrons. The zero-order valence-electron chi connectivity index (χ0n) is 29.5. The Labute approximate surface area is 300 Å². The summed E-state index contributed by atoms with van der Waals surface area (Å²) in [4.78, 5) is 47.9. The summed E-state index contributed by atoms with van der Waals surface area (Å²) in [7, 11) is 1.51. The smallest absolute Gasteiger partial charge is 0.414 e. The quantitative estimate of drug-likeness (QED) is 0.0903. The maximum Gasteiger partial charge on any atom is 0.414 e. The molecule has 0 fully saturated rings. The van der Waals surface area contributed by atoms with E-state index in [2.05, 4.69) is 27.0 Å². The molecule has 0 saturated heterocycles. The number of nitrogens with zero attached hydrogens (tertiary/aromatic N) is 3. The summed E-state index contributed by atoms with van der Waals surface area (Å²) in [5, 5.41) is 19.9. The van der Waals surface area contributed by atoms with Gasteiger partial charge >= 0.3 is 12.2 Å². The molecule has 4 rings (SSSR count). The number of carbonyl (C=O) groups is 3. The lowest BCUT2D eigenvalue weighted by Crippen LogP contribution is -2.47. The number of anilines is 1. The van der Waals surface area contributed by atoms with E-state index in [0.717, 1.165) is 0 Å². The molecule has 0 spiro atoms. The highest BCUT2D eigenvalue weighted by atomic mass is 32.1. The van der Waals surface area contributed by atoms with E-state index in [1.54, 1.807) is 89.4 Å². The Bertz CT molecular complexity index is 1910. The third-order valence-electron chi connectivity index (χ3n) is 6.50. The number of aliphatic imine (C=N–C) groups is 1. The van der Waals surface area contributed by atoms with Gasteiger partial charge in [0.25, 0.3) is 5.91 Å². The molecule has 0 atom stereocenters. The second-order valence-corrected chi connectivity index (χ2v) is 13.9. The molecule has 0 aliphatic rings. The largest absolute Gasteiger partial charge is 0.467 e. The predicted octanol–water partition coefficient (Wildman–Crippen LogP) is 7.49. The zero-order valence-corrected chi connectivity index (χ0v) is 30.3. The van der Waals surface area contributed by atoms with Crippen LogP contribution in [0.2, 0.25) is 0 Å². The van der Waals surface area contributed by atoms with Gasteiger partial charge in [0.1, 0.15) is 28.6 Å². The van der Waals surface area contributed by atoms with Crippen molar-refractivity contribution in [2.45, 2.75) is 59.3 Å². The summed E-state index contributed by atoms with van der Waals surface area (Å²) in [5.74, 6) is -0.0342. The van der Waals surface area contributed by atoms with Crippen molar-refractivity contribution >= 4 is 41.2 Å². The van der Waals surface area contributed by atoms with Gasteiger partial charge in [0.2, 0.25) is 5.96 Å². The number of hydrogen-bond donors (Lipinski definition) is 3. The van der Waals surface area contributed by atoms with Gasteiger partial charge in [-0.25, -0.2) is 19.6 Å². The molecule has 2 heterocycles. The lowest BCUT2D eigenvalue weighted by molar-refractivity contribution is 0.0514. The first-order valence-corrected chi connectivity index (χ1v) is 16.7. The van der Waals surface area contributed by atoms with E-state index in [1.165, 1.54) is 18.4 Å². The van der Waals surface area contributed by atoms with Crippen LogP contribution in [-0.2, 0) is 20.8 Å². The van der Waals surface area contributed by atoms with Gasteiger partial charge in [0, 0.05) is 18.2 Å². The molecule has 51 heavy (non-hydrogen) atoms. The molecule has 4 aromatic rings. The summed E-state index contributed by atoms with van der Waals surface area (Å²) in [6.45, 7) is 10.3. The van der Waals surface area contributed by atoms with Gasteiger partial charge in [-0.2, -0.15) is 5.26 Å². The second-order valence-electron chi connectivity index (χ2n) is 13.0. The van der Waals surface area contributed by atoms with Crippen LogP contribution < -0.4 is 20.7 Å². The highest BCUT2D eigenvalue weighted by Crippen LogP contribution is 2.36. The third-order valence-corrected chi connectivity index (χ3v) is 7.37. The van der Waals surface area contributed by atoms with Crippen LogP contribution in [0.15, 0.2) is 77.1 Å². The van der Waals surface area contributed by atoms with Crippen molar-refractivity contribution in [3.8, 4) is 34.2 Å². The number of aromatic nitrogens is 1. The Morgan fingerprint density at radius 1 is 0.882 bits per heavy atom. The minimum Gasteiger partial charge on any atom is -0.467 e. The Kier molecular flexibility index (Phi) is 12.5. The standard InChI is InChI=1S/C37H40N6O7S/c1-36(2,3)49-34(45)42-33(43-35(46)50-37(4,5)6)39-21-23-12-10-13-24(18-23)26-19-28(25-14-8-9-15-29(25)48-22-47-7)40-31(27(26)20-38)41-32(44)30-16-11-17-51-30/h8-19H,21-22H2,1-7H3,(H,40,41,44)(H2,39,42,43,45,46). The fourth-order valence-electron chi connectivity index (χ4n) is 4.54. The van der Waals surface area contributed by atoms with Crippen LogP contribution in [0, 0.1) is 11.3 Å². The van der Waals surface area contributed by atoms with Crippen LogP contribution >= 0.6 is 11.3 Å². The molecule has 2 aromatic heterocycles. The van der Waals surface area contributed by atoms with Crippen molar-refractivity contribution in [1.29, 1.82) is 5.26 Å². The molecular weight excluding hydrogens is 673 g/mol. The number of methoxy groups -OCH3 is 1. The molecule has 0 saturated carbocycles. The van der Waals surface area contributed by atoms with Crippen molar-refractivity contribution in [2.24, 2.45) is 4.99 Å². The number of nitrogens with one attached hydrogen (secondary N) is 3. The summed E-state index contributed by atoms with van der Waals surface area (Å²) >= 11 is 1.26. The molecule has 2 aromatic carbocycles. The molecule has 0 bridgehead atoms. The van der Waals surface area contributed by atoms with Crippen LogP contribution in [-0.4, -0.2) is 54.1 Å². The molecule has 0 radical (unpaired) electrons. The number of nitriles is 1. The molecule has 3 amide bonds. The van der Waals surface area contributed by atoms with Crippen molar-refractivity contribution in [1.82, 2.24) is 15.6 Å². The van der Waals surface area contributed by atoms with E-state index in [1.807, 2.05) is 24.3 Å². The highest BCUT2D eigenvalue weighted by molar-refractivity contribution is 7.12. The van der Waals surface area contributed by atoms with Crippen molar-refractivity contribution in [3.05, 3.63) is 88.1 Å².